The number of methoxy groups -OCH3 is 1. The monoisotopic (exact) mass is 328 g/mol. The number of anilines is 1. The van der Waals surface area contributed by atoms with Crippen LogP contribution < -0.4 is 20.1 Å². The van der Waals surface area contributed by atoms with Crippen LogP contribution in [0.2, 0.25) is 0 Å². The number of rotatable bonds is 7. The molecule has 0 spiro atoms. The molecule has 0 aliphatic rings. The van der Waals surface area contributed by atoms with E-state index >= 15 is 0 Å². The highest BCUT2D eigenvalue weighted by molar-refractivity contribution is 5.89. The van der Waals surface area contributed by atoms with Crippen LogP contribution in [0, 0.1) is 0 Å². The number of carbonyl (C=O) groups is 1. The van der Waals surface area contributed by atoms with E-state index in [1.807, 2.05) is 62.4 Å². The summed E-state index contributed by atoms with van der Waals surface area (Å²) in [5, 5.41) is 5.64. The van der Waals surface area contributed by atoms with Gasteiger partial charge in [0.1, 0.15) is 11.5 Å². The molecule has 5 heteroatoms. The van der Waals surface area contributed by atoms with Gasteiger partial charge in [-0.15, -0.1) is 0 Å². The van der Waals surface area contributed by atoms with Crippen LogP contribution in [-0.2, 0) is 6.42 Å². The Morgan fingerprint density at radius 1 is 1.00 bits per heavy atom. The predicted octanol–water partition coefficient (Wildman–Crippen LogP) is 3.85. The highest BCUT2D eigenvalue weighted by Crippen LogP contribution is 2.16. The Morgan fingerprint density at radius 3 is 2.21 bits per heavy atom. The van der Waals surface area contributed by atoms with E-state index < -0.39 is 0 Å². The summed E-state index contributed by atoms with van der Waals surface area (Å²) < 4.78 is 10.7. The Labute approximate surface area is 143 Å². The van der Waals surface area contributed by atoms with Gasteiger partial charge >= 0.3 is 6.03 Å². The summed E-state index contributed by atoms with van der Waals surface area (Å²) in [5.74, 6) is 1.62. The van der Waals surface area contributed by atoms with E-state index in [0.29, 0.717) is 6.54 Å². The molecule has 0 saturated carbocycles. The SMILES string of the molecule is COc1ccc(CCNC(=O)Nc2ccc(OC(C)C)cc2)cc1. The minimum absolute atomic E-state index is 0.130. The number of nitrogens with one attached hydrogen (secondary N) is 2. The zero-order valence-corrected chi connectivity index (χ0v) is 14.3. The topological polar surface area (TPSA) is 59.6 Å². The van der Waals surface area contributed by atoms with Crippen molar-refractivity contribution in [1.82, 2.24) is 5.32 Å². The molecule has 0 aliphatic carbocycles. The summed E-state index contributed by atoms with van der Waals surface area (Å²) in [6, 6.07) is 14.9. The van der Waals surface area contributed by atoms with Crippen molar-refractivity contribution in [3.8, 4) is 11.5 Å². The smallest absolute Gasteiger partial charge is 0.319 e. The van der Waals surface area contributed by atoms with Gasteiger partial charge in [-0.1, -0.05) is 12.1 Å². The van der Waals surface area contributed by atoms with Gasteiger partial charge in [-0.3, -0.25) is 0 Å². The molecule has 0 bridgehead atoms. The molecule has 0 radical (unpaired) electrons. The van der Waals surface area contributed by atoms with Gasteiger partial charge in [0.05, 0.1) is 13.2 Å². The molecule has 0 aliphatic heterocycles. The Hall–Kier alpha value is -2.69. The van der Waals surface area contributed by atoms with E-state index in [9.17, 15) is 4.79 Å². The van der Waals surface area contributed by atoms with E-state index in [0.717, 1.165) is 29.2 Å². The Balaban J connectivity index is 1.74. The van der Waals surface area contributed by atoms with Gasteiger partial charge in [0, 0.05) is 12.2 Å². The van der Waals surface area contributed by atoms with Crippen LogP contribution in [0.15, 0.2) is 48.5 Å². The fourth-order valence-corrected chi connectivity index (χ4v) is 2.18. The maximum atomic E-state index is 11.9. The molecule has 0 saturated heterocycles. The first kappa shape index (κ1) is 17.7. The maximum Gasteiger partial charge on any atom is 0.319 e. The third-order valence-corrected chi connectivity index (χ3v) is 3.34. The van der Waals surface area contributed by atoms with Crippen molar-refractivity contribution >= 4 is 11.7 Å². The lowest BCUT2D eigenvalue weighted by Gasteiger charge is -2.11. The number of amides is 2. The van der Waals surface area contributed by atoms with Crippen molar-refractivity contribution in [1.29, 1.82) is 0 Å². The van der Waals surface area contributed by atoms with Crippen LogP contribution in [0.25, 0.3) is 0 Å². The normalized spacial score (nSPS) is 10.3. The van der Waals surface area contributed by atoms with Crippen molar-refractivity contribution in [3.63, 3.8) is 0 Å². The second-order valence-corrected chi connectivity index (χ2v) is 5.67. The van der Waals surface area contributed by atoms with Gasteiger partial charge in [0.25, 0.3) is 0 Å². The molecule has 0 unspecified atom stereocenters. The van der Waals surface area contributed by atoms with Crippen molar-refractivity contribution in [3.05, 3.63) is 54.1 Å². The summed E-state index contributed by atoms with van der Waals surface area (Å²) in [6.45, 7) is 4.51. The lowest BCUT2D eigenvalue weighted by atomic mass is 10.1. The zero-order chi connectivity index (χ0) is 17.4. The van der Waals surface area contributed by atoms with Gasteiger partial charge in [0.2, 0.25) is 0 Å². The number of carbonyl (C=O) groups excluding carboxylic acids is 1. The van der Waals surface area contributed by atoms with E-state index in [-0.39, 0.29) is 12.1 Å². The van der Waals surface area contributed by atoms with Gasteiger partial charge in [-0.25, -0.2) is 4.79 Å². The number of urea groups is 1. The molecule has 128 valence electrons. The first-order chi connectivity index (χ1) is 11.6. The Bertz CT molecular complexity index is 637. The van der Waals surface area contributed by atoms with Gasteiger partial charge in [-0.2, -0.15) is 0 Å². The fourth-order valence-electron chi connectivity index (χ4n) is 2.18. The molecule has 0 atom stereocenters. The minimum Gasteiger partial charge on any atom is -0.497 e. The van der Waals surface area contributed by atoms with Crippen LogP contribution >= 0.6 is 0 Å². The second-order valence-electron chi connectivity index (χ2n) is 5.67. The largest absolute Gasteiger partial charge is 0.497 e. The summed E-state index contributed by atoms with van der Waals surface area (Å²) in [6.07, 6.45) is 0.892. The fraction of sp³-hybridized carbons (Fsp3) is 0.316. The second kappa shape index (κ2) is 8.82. The molecule has 0 fully saturated rings. The molecular formula is C19H24N2O3. The van der Waals surface area contributed by atoms with Crippen LogP contribution in [0.5, 0.6) is 11.5 Å². The molecule has 2 aromatic carbocycles. The number of hydrogen-bond acceptors (Lipinski definition) is 3. The Kier molecular flexibility index (Phi) is 6.49. The summed E-state index contributed by atoms with van der Waals surface area (Å²) in [4.78, 5) is 11.9. The van der Waals surface area contributed by atoms with Gasteiger partial charge in [0.15, 0.2) is 0 Å². The lowest BCUT2D eigenvalue weighted by Crippen LogP contribution is -2.30. The van der Waals surface area contributed by atoms with Crippen LogP contribution in [0.1, 0.15) is 19.4 Å². The molecule has 2 aromatic rings. The van der Waals surface area contributed by atoms with Crippen LogP contribution in [-0.4, -0.2) is 25.8 Å². The third kappa shape index (κ3) is 5.83. The van der Waals surface area contributed by atoms with Crippen molar-refractivity contribution in [2.24, 2.45) is 0 Å². The van der Waals surface area contributed by atoms with Gasteiger partial charge < -0.3 is 20.1 Å². The molecule has 2 N–H and O–H groups in total. The zero-order valence-electron chi connectivity index (χ0n) is 14.3. The molecule has 0 aromatic heterocycles. The maximum absolute atomic E-state index is 11.9. The highest BCUT2D eigenvalue weighted by Gasteiger charge is 2.03. The van der Waals surface area contributed by atoms with Gasteiger partial charge in [-0.05, 0) is 62.2 Å². The molecule has 5 nitrogen and oxygen atoms in total. The first-order valence-corrected chi connectivity index (χ1v) is 8.01. The summed E-state index contributed by atoms with van der Waals surface area (Å²) in [5.41, 5.74) is 1.87. The van der Waals surface area contributed by atoms with E-state index in [4.69, 9.17) is 9.47 Å². The average molecular weight is 328 g/mol. The lowest BCUT2D eigenvalue weighted by molar-refractivity contribution is 0.242. The molecule has 24 heavy (non-hydrogen) atoms. The predicted molar refractivity (Wildman–Crippen MR) is 95.9 cm³/mol. The van der Waals surface area contributed by atoms with Crippen molar-refractivity contribution in [2.45, 2.75) is 26.4 Å². The van der Waals surface area contributed by atoms with E-state index in [1.165, 1.54) is 0 Å². The van der Waals surface area contributed by atoms with Crippen LogP contribution in [0.3, 0.4) is 0 Å². The van der Waals surface area contributed by atoms with E-state index in [1.54, 1.807) is 7.11 Å². The van der Waals surface area contributed by atoms with Crippen molar-refractivity contribution < 1.29 is 14.3 Å². The Morgan fingerprint density at radius 2 is 1.62 bits per heavy atom. The minimum atomic E-state index is -0.221. The molecular weight excluding hydrogens is 304 g/mol. The number of benzene rings is 2. The number of ether oxygens (including phenoxy) is 2. The van der Waals surface area contributed by atoms with Crippen LogP contribution in [0.4, 0.5) is 10.5 Å². The summed E-state index contributed by atoms with van der Waals surface area (Å²) in [7, 11) is 1.64. The molecule has 2 amide bonds. The number of hydrogen-bond donors (Lipinski definition) is 2. The average Bonchev–Trinajstić information content (AvgIpc) is 2.57. The third-order valence-electron chi connectivity index (χ3n) is 3.34. The quantitative estimate of drug-likeness (QED) is 0.812. The summed E-state index contributed by atoms with van der Waals surface area (Å²) >= 11 is 0. The van der Waals surface area contributed by atoms with E-state index in [2.05, 4.69) is 10.6 Å². The molecule has 0 heterocycles. The van der Waals surface area contributed by atoms with Crippen molar-refractivity contribution in [2.75, 3.05) is 19.0 Å². The first-order valence-electron chi connectivity index (χ1n) is 8.01. The standard InChI is InChI=1S/C19H24N2O3/c1-14(2)24-18-10-6-16(7-11-18)21-19(22)20-13-12-15-4-8-17(23-3)9-5-15/h4-11,14H,12-13H2,1-3H3,(H2,20,21,22). The highest BCUT2D eigenvalue weighted by atomic mass is 16.5. The molecule has 2 rings (SSSR count).